The fourth-order valence-corrected chi connectivity index (χ4v) is 2.77. The van der Waals surface area contributed by atoms with Gasteiger partial charge in [-0.15, -0.1) is 10.2 Å². The molecule has 1 aliphatic heterocycles. The van der Waals surface area contributed by atoms with Gasteiger partial charge in [0, 0.05) is 10.8 Å². The zero-order valence-corrected chi connectivity index (χ0v) is 12.1. The van der Waals surface area contributed by atoms with Gasteiger partial charge in [-0.25, -0.2) is 0 Å². The van der Waals surface area contributed by atoms with Crippen molar-refractivity contribution in [3.05, 3.63) is 29.4 Å². The van der Waals surface area contributed by atoms with Gasteiger partial charge >= 0.3 is 0 Å². The molecule has 7 heteroatoms. The van der Waals surface area contributed by atoms with Crippen molar-refractivity contribution in [1.82, 2.24) is 15.5 Å². The van der Waals surface area contributed by atoms with Gasteiger partial charge in [-0.3, -0.25) is 14.9 Å². The van der Waals surface area contributed by atoms with Crippen LogP contribution in [0.15, 0.2) is 24.3 Å². The van der Waals surface area contributed by atoms with Crippen molar-refractivity contribution in [2.45, 2.75) is 19.4 Å². The Morgan fingerprint density at radius 1 is 1.29 bits per heavy atom. The molecule has 3 rings (SSSR count). The standard InChI is InChI=1S/C14H13ClN4O2/c1-2-10-14(21)16-11(20)7-19(10)13-9-6-4-3-5-8(9)12(15)17-18-13/h3-6,10H,2,7H2,1H3,(H,16,20,21). The number of piperazine rings is 1. The molecule has 6 nitrogen and oxygen atoms in total. The number of hydrogen-bond donors (Lipinski definition) is 1. The second kappa shape index (κ2) is 5.29. The summed E-state index contributed by atoms with van der Waals surface area (Å²) in [5, 5.41) is 12.2. The summed E-state index contributed by atoms with van der Waals surface area (Å²) in [6.07, 6.45) is 0.567. The average molecular weight is 305 g/mol. The number of carbonyl (C=O) groups is 2. The zero-order chi connectivity index (χ0) is 15.0. The molecule has 108 valence electrons. The molecular weight excluding hydrogens is 292 g/mol. The molecule has 2 aromatic rings. The molecule has 1 aromatic carbocycles. The van der Waals surface area contributed by atoms with E-state index in [-0.39, 0.29) is 18.4 Å². The molecule has 1 aromatic heterocycles. The van der Waals surface area contributed by atoms with Crippen LogP contribution in [0.5, 0.6) is 0 Å². The molecule has 2 amide bonds. The summed E-state index contributed by atoms with van der Waals surface area (Å²) in [5.74, 6) is -0.148. The number of aromatic nitrogens is 2. The van der Waals surface area contributed by atoms with Gasteiger partial charge < -0.3 is 4.90 Å². The van der Waals surface area contributed by atoms with Crippen LogP contribution in [0.3, 0.4) is 0 Å². The molecular formula is C14H13ClN4O2. The Labute approximate surface area is 126 Å². The van der Waals surface area contributed by atoms with Gasteiger partial charge in [0.25, 0.3) is 0 Å². The normalized spacial score (nSPS) is 19.0. The first-order chi connectivity index (χ1) is 10.1. The van der Waals surface area contributed by atoms with Crippen LogP contribution in [0.2, 0.25) is 5.15 Å². The van der Waals surface area contributed by atoms with E-state index in [2.05, 4.69) is 15.5 Å². The number of anilines is 1. The smallest absolute Gasteiger partial charge is 0.249 e. The number of fused-ring (bicyclic) bond motifs is 1. The van der Waals surface area contributed by atoms with Crippen LogP contribution in [-0.4, -0.2) is 34.6 Å². The third kappa shape index (κ3) is 2.31. The van der Waals surface area contributed by atoms with Crippen LogP contribution >= 0.6 is 11.6 Å². The van der Waals surface area contributed by atoms with Crippen LogP contribution in [0.1, 0.15) is 13.3 Å². The monoisotopic (exact) mass is 304 g/mol. The Bertz CT molecular complexity index is 734. The highest BCUT2D eigenvalue weighted by Gasteiger charge is 2.34. The highest BCUT2D eigenvalue weighted by Crippen LogP contribution is 2.30. The van der Waals surface area contributed by atoms with Gasteiger partial charge in [-0.2, -0.15) is 0 Å². The molecule has 1 saturated heterocycles. The predicted molar refractivity (Wildman–Crippen MR) is 79.1 cm³/mol. The number of carbonyl (C=O) groups excluding carboxylic acids is 2. The van der Waals surface area contributed by atoms with Crippen LogP contribution in [0.4, 0.5) is 5.82 Å². The highest BCUT2D eigenvalue weighted by atomic mass is 35.5. The maximum absolute atomic E-state index is 12.0. The lowest BCUT2D eigenvalue weighted by atomic mass is 10.1. The SMILES string of the molecule is CCC1C(=O)NC(=O)CN1c1nnc(Cl)c2ccccc12. The highest BCUT2D eigenvalue weighted by molar-refractivity contribution is 6.34. The Morgan fingerprint density at radius 2 is 2.00 bits per heavy atom. The van der Waals surface area contributed by atoms with Crippen LogP contribution in [0, 0.1) is 0 Å². The molecule has 1 atom stereocenters. The molecule has 0 bridgehead atoms. The molecule has 0 saturated carbocycles. The van der Waals surface area contributed by atoms with Crippen LogP contribution < -0.4 is 10.2 Å². The van der Waals surface area contributed by atoms with Crippen LogP contribution in [0.25, 0.3) is 10.8 Å². The fourth-order valence-electron chi connectivity index (χ4n) is 2.56. The number of benzene rings is 1. The van der Waals surface area contributed by atoms with E-state index in [0.717, 1.165) is 10.8 Å². The van der Waals surface area contributed by atoms with Gasteiger partial charge in [0.05, 0.1) is 6.54 Å². The van der Waals surface area contributed by atoms with Crippen molar-refractivity contribution in [3.63, 3.8) is 0 Å². The van der Waals surface area contributed by atoms with E-state index in [4.69, 9.17) is 11.6 Å². The van der Waals surface area contributed by atoms with Crippen molar-refractivity contribution in [2.24, 2.45) is 0 Å². The van der Waals surface area contributed by atoms with Crippen molar-refractivity contribution in [1.29, 1.82) is 0 Å². The fraction of sp³-hybridized carbons (Fsp3) is 0.286. The zero-order valence-electron chi connectivity index (χ0n) is 11.3. The lowest BCUT2D eigenvalue weighted by Gasteiger charge is -2.34. The first-order valence-electron chi connectivity index (χ1n) is 6.63. The number of hydrogen-bond acceptors (Lipinski definition) is 5. The maximum Gasteiger partial charge on any atom is 0.249 e. The van der Waals surface area contributed by atoms with Crippen LogP contribution in [-0.2, 0) is 9.59 Å². The number of nitrogens with one attached hydrogen (secondary N) is 1. The third-order valence-electron chi connectivity index (χ3n) is 3.54. The maximum atomic E-state index is 12.0. The Balaban J connectivity index is 2.16. The summed E-state index contributed by atoms with van der Waals surface area (Å²) in [5.41, 5.74) is 0. The van der Waals surface area contributed by atoms with Gasteiger partial charge in [0.15, 0.2) is 11.0 Å². The minimum Gasteiger partial charge on any atom is -0.333 e. The first kappa shape index (κ1) is 13.8. The summed E-state index contributed by atoms with van der Waals surface area (Å²) < 4.78 is 0. The Kier molecular flexibility index (Phi) is 3.47. The van der Waals surface area contributed by atoms with E-state index < -0.39 is 6.04 Å². The molecule has 1 unspecified atom stereocenters. The lowest BCUT2D eigenvalue weighted by Crippen LogP contribution is -2.58. The summed E-state index contributed by atoms with van der Waals surface area (Å²) in [4.78, 5) is 25.3. The molecule has 0 radical (unpaired) electrons. The quantitative estimate of drug-likeness (QED) is 0.852. The van der Waals surface area contributed by atoms with Crippen molar-refractivity contribution in [2.75, 3.05) is 11.4 Å². The predicted octanol–water partition coefficient (Wildman–Crippen LogP) is 1.52. The lowest BCUT2D eigenvalue weighted by molar-refractivity contribution is -0.132. The number of imide groups is 1. The molecule has 1 fully saturated rings. The second-order valence-electron chi connectivity index (χ2n) is 4.82. The third-order valence-corrected chi connectivity index (χ3v) is 3.82. The minimum absolute atomic E-state index is 0.0740. The van der Waals surface area contributed by atoms with E-state index >= 15 is 0 Å². The van der Waals surface area contributed by atoms with Crippen molar-refractivity contribution < 1.29 is 9.59 Å². The van der Waals surface area contributed by atoms with Gasteiger partial charge in [0.2, 0.25) is 11.8 Å². The topological polar surface area (TPSA) is 75.2 Å². The first-order valence-corrected chi connectivity index (χ1v) is 7.01. The second-order valence-corrected chi connectivity index (χ2v) is 5.18. The number of amides is 2. The summed E-state index contributed by atoms with van der Waals surface area (Å²) >= 11 is 6.06. The largest absolute Gasteiger partial charge is 0.333 e. The average Bonchev–Trinajstić information content (AvgIpc) is 2.47. The molecule has 2 heterocycles. The van der Waals surface area contributed by atoms with E-state index in [9.17, 15) is 9.59 Å². The Hall–Kier alpha value is -2.21. The molecule has 1 aliphatic rings. The van der Waals surface area contributed by atoms with Crippen molar-refractivity contribution in [3.8, 4) is 0 Å². The summed E-state index contributed by atoms with van der Waals surface area (Å²) in [6.45, 7) is 1.96. The summed E-state index contributed by atoms with van der Waals surface area (Å²) in [6, 6.07) is 6.96. The van der Waals surface area contributed by atoms with E-state index in [1.807, 2.05) is 31.2 Å². The van der Waals surface area contributed by atoms with E-state index in [0.29, 0.717) is 17.4 Å². The Morgan fingerprint density at radius 3 is 2.71 bits per heavy atom. The van der Waals surface area contributed by atoms with Gasteiger partial charge in [-0.1, -0.05) is 42.8 Å². The van der Waals surface area contributed by atoms with E-state index in [1.54, 1.807) is 4.90 Å². The molecule has 0 spiro atoms. The minimum atomic E-state index is -0.443. The number of halogens is 1. The van der Waals surface area contributed by atoms with Gasteiger partial charge in [0.1, 0.15) is 6.04 Å². The number of rotatable bonds is 2. The van der Waals surface area contributed by atoms with E-state index in [1.165, 1.54) is 0 Å². The number of nitrogens with zero attached hydrogens (tertiary/aromatic N) is 3. The molecule has 21 heavy (non-hydrogen) atoms. The van der Waals surface area contributed by atoms with Gasteiger partial charge in [-0.05, 0) is 6.42 Å². The molecule has 0 aliphatic carbocycles. The van der Waals surface area contributed by atoms with Crippen molar-refractivity contribution >= 4 is 40.0 Å². The summed E-state index contributed by atoms with van der Waals surface area (Å²) in [7, 11) is 0. The molecule has 1 N–H and O–H groups in total.